The molecule has 198 valence electrons. The average Bonchev–Trinajstić information content (AvgIpc) is 3.33. The van der Waals surface area contributed by atoms with Gasteiger partial charge in [0.15, 0.2) is 0 Å². The zero-order valence-corrected chi connectivity index (χ0v) is 23.2. The Morgan fingerprint density at radius 1 is 1.05 bits per heavy atom. The third kappa shape index (κ3) is 5.91. The molecule has 4 rings (SSSR count). The predicted molar refractivity (Wildman–Crippen MR) is 147 cm³/mol. The molecule has 0 aliphatic rings. The number of nitrogens with zero attached hydrogens (tertiary/aromatic N) is 4. The van der Waals surface area contributed by atoms with Crippen molar-refractivity contribution in [1.29, 1.82) is 0 Å². The maximum absolute atomic E-state index is 12.0. The quantitative estimate of drug-likeness (QED) is 0.234. The summed E-state index contributed by atoms with van der Waals surface area (Å²) in [5, 5.41) is 0. The van der Waals surface area contributed by atoms with Crippen LogP contribution >= 0.6 is 12.0 Å². The Morgan fingerprint density at radius 3 is 2.47 bits per heavy atom. The summed E-state index contributed by atoms with van der Waals surface area (Å²) < 4.78 is 18.5. The number of esters is 1. The molecule has 0 bridgehead atoms. The van der Waals surface area contributed by atoms with Gasteiger partial charge >= 0.3 is 5.97 Å². The molecule has 10 heteroatoms. The van der Waals surface area contributed by atoms with Gasteiger partial charge in [-0.3, -0.25) is 0 Å². The molecule has 38 heavy (non-hydrogen) atoms. The van der Waals surface area contributed by atoms with Crippen molar-refractivity contribution in [2.45, 2.75) is 45.6 Å². The molecule has 2 aromatic carbocycles. The highest BCUT2D eigenvalue weighted by Gasteiger charge is 2.18. The largest absolute Gasteiger partial charge is 0.496 e. The number of nitrogens with two attached hydrogens (primary N) is 1. The van der Waals surface area contributed by atoms with Crippen molar-refractivity contribution in [3.05, 3.63) is 87.6 Å². The van der Waals surface area contributed by atoms with Gasteiger partial charge in [-0.1, -0.05) is 29.8 Å². The lowest BCUT2D eigenvalue weighted by molar-refractivity contribution is 0.0589. The van der Waals surface area contributed by atoms with Crippen molar-refractivity contribution in [3.63, 3.8) is 0 Å². The second kappa shape index (κ2) is 11.6. The fourth-order valence-electron chi connectivity index (χ4n) is 4.38. The molecule has 9 nitrogen and oxygen atoms in total. The molecule has 0 aliphatic carbocycles. The summed E-state index contributed by atoms with van der Waals surface area (Å²) in [5.74, 6) is 0.837. The van der Waals surface area contributed by atoms with E-state index in [1.807, 2.05) is 25.1 Å². The fraction of sp³-hybridized carbons (Fsp3) is 0.286. The van der Waals surface area contributed by atoms with E-state index in [-0.39, 0.29) is 5.95 Å². The van der Waals surface area contributed by atoms with Gasteiger partial charge < -0.3 is 24.0 Å². The normalized spacial score (nSPS) is 10.9. The van der Waals surface area contributed by atoms with Gasteiger partial charge in [-0.2, -0.15) is 4.98 Å². The third-order valence-corrected chi connectivity index (χ3v) is 7.23. The van der Waals surface area contributed by atoms with Crippen LogP contribution in [0.1, 0.15) is 49.6 Å². The number of rotatable bonds is 9. The zero-order valence-electron chi connectivity index (χ0n) is 22.4. The Labute approximate surface area is 226 Å². The first-order valence-electron chi connectivity index (χ1n) is 12.0. The number of carbonyl (C=O) groups is 1. The minimum Gasteiger partial charge on any atom is -0.496 e. The van der Waals surface area contributed by atoms with Gasteiger partial charge in [-0.15, -0.1) is 0 Å². The molecular weight excluding hydrogens is 502 g/mol. The molecule has 0 atom stereocenters. The van der Waals surface area contributed by atoms with Gasteiger partial charge in [-0.25, -0.2) is 14.8 Å². The van der Waals surface area contributed by atoms with E-state index in [1.165, 1.54) is 30.9 Å². The van der Waals surface area contributed by atoms with Crippen molar-refractivity contribution in [2.24, 2.45) is 0 Å². The fourth-order valence-corrected chi connectivity index (χ4v) is 5.07. The van der Waals surface area contributed by atoms with E-state index in [0.717, 1.165) is 38.4 Å². The minimum atomic E-state index is -0.439. The number of methoxy groups -OCH3 is 2. The number of nitrogen functional groups attached to an aromatic ring is 1. The van der Waals surface area contributed by atoms with Crippen LogP contribution in [-0.2, 0) is 17.7 Å². The standard InChI is InChI=1S/C28H31N5O4S/c1-16-9-17(2)25(18(3)10-16)38-37-26-22(19(4)31-28(29)32-26)12-21-8-7-20(11-24(21)35-5)14-33-15-30-13-23(33)27(34)36-6/h7-11,13,15H,12,14H2,1-6H3,(H2,29,31,32). The lowest BCUT2D eigenvalue weighted by Gasteiger charge is -2.16. The van der Waals surface area contributed by atoms with E-state index in [2.05, 4.69) is 47.9 Å². The second-order valence-corrected chi connectivity index (χ2v) is 9.81. The summed E-state index contributed by atoms with van der Waals surface area (Å²) in [4.78, 5) is 25.9. The molecule has 2 aromatic heterocycles. The van der Waals surface area contributed by atoms with Crippen LogP contribution in [0, 0.1) is 27.7 Å². The van der Waals surface area contributed by atoms with E-state index in [9.17, 15) is 4.79 Å². The van der Waals surface area contributed by atoms with E-state index < -0.39 is 5.97 Å². The SMILES string of the molecule is COC(=O)c1cncn1Cc1ccc(Cc2c(C)nc(N)nc2OSc2c(C)cc(C)cc2C)c(OC)c1. The Morgan fingerprint density at radius 2 is 1.79 bits per heavy atom. The molecule has 4 aromatic rings. The Hall–Kier alpha value is -4.05. The Kier molecular flexibility index (Phi) is 8.21. The van der Waals surface area contributed by atoms with Crippen LogP contribution in [0.3, 0.4) is 0 Å². The van der Waals surface area contributed by atoms with Crippen LogP contribution in [-0.4, -0.2) is 39.7 Å². The number of anilines is 1. The number of hydrogen-bond donors (Lipinski definition) is 1. The highest BCUT2D eigenvalue weighted by atomic mass is 32.2. The molecule has 0 amide bonds. The maximum Gasteiger partial charge on any atom is 0.356 e. The number of carbonyl (C=O) groups excluding carboxylic acids is 1. The molecule has 0 saturated heterocycles. The molecule has 0 aliphatic heterocycles. The highest BCUT2D eigenvalue weighted by molar-refractivity contribution is 7.95. The summed E-state index contributed by atoms with van der Waals surface area (Å²) in [7, 11) is 2.97. The molecule has 2 N–H and O–H groups in total. The number of imidazole rings is 1. The molecule has 0 unspecified atom stereocenters. The summed E-state index contributed by atoms with van der Waals surface area (Å²) in [6, 6.07) is 10.2. The number of aromatic nitrogens is 4. The summed E-state index contributed by atoms with van der Waals surface area (Å²) in [6.45, 7) is 8.54. The molecule has 0 radical (unpaired) electrons. The van der Waals surface area contributed by atoms with Crippen molar-refractivity contribution < 1.29 is 18.5 Å². The molecule has 2 heterocycles. The van der Waals surface area contributed by atoms with Gasteiger partial charge in [0.25, 0.3) is 0 Å². The lowest BCUT2D eigenvalue weighted by atomic mass is 10.0. The van der Waals surface area contributed by atoms with Gasteiger partial charge in [0.1, 0.15) is 11.4 Å². The third-order valence-electron chi connectivity index (χ3n) is 6.18. The van der Waals surface area contributed by atoms with Crippen molar-refractivity contribution in [2.75, 3.05) is 20.0 Å². The number of hydrogen-bond acceptors (Lipinski definition) is 9. The van der Waals surface area contributed by atoms with Crippen LogP contribution in [0.4, 0.5) is 5.95 Å². The first-order chi connectivity index (χ1) is 18.2. The van der Waals surface area contributed by atoms with E-state index in [4.69, 9.17) is 19.4 Å². The van der Waals surface area contributed by atoms with Gasteiger partial charge in [-0.05, 0) is 56.0 Å². The van der Waals surface area contributed by atoms with Gasteiger partial charge in [0.2, 0.25) is 11.8 Å². The van der Waals surface area contributed by atoms with E-state index in [1.54, 1.807) is 18.0 Å². The lowest BCUT2D eigenvalue weighted by Crippen LogP contribution is -2.11. The summed E-state index contributed by atoms with van der Waals surface area (Å²) in [5.41, 5.74) is 13.3. The summed E-state index contributed by atoms with van der Waals surface area (Å²) >= 11 is 1.27. The maximum atomic E-state index is 12.0. The topological polar surface area (TPSA) is 114 Å². The summed E-state index contributed by atoms with van der Waals surface area (Å²) in [6.07, 6.45) is 3.57. The zero-order chi connectivity index (χ0) is 27.4. The van der Waals surface area contributed by atoms with Gasteiger partial charge in [0, 0.05) is 18.5 Å². The molecule has 0 fully saturated rings. The number of ether oxygens (including phenoxy) is 2. The van der Waals surface area contributed by atoms with Crippen molar-refractivity contribution in [1.82, 2.24) is 19.5 Å². The van der Waals surface area contributed by atoms with Crippen molar-refractivity contribution >= 4 is 24.0 Å². The smallest absolute Gasteiger partial charge is 0.356 e. The predicted octanol–water partition coefficient (Wildman–Crippen LogP) is 5.01. The molecule has 0 spiro atoms. The Balaban J connectivity index is 1.60. The number of benzene rings is 2. The highest BCUT2D eigenvalue weighted by Crippen LogP contribution is 2.34. The monoisotopic (exact) mass is 533 g/mol. The first kappa shape index (κ1) is 27.0. The molecular formula is C28H31N5O4S. The van der Waals surface area contributed by atoms with Gasteiger partial charge in [0.05, 0.1) is 49.4 Å². The average molecular weight is 534 g/mol. The van der Waals surface area contributed by atoms with Crippen molar-refractivity contribution in [3.8, 4) is 11.6 Å². The molecule has 0 saturated carbocycles. The minimum absolute atomic E-state index is 0.156. The van der Waals surface area contributed by atoms with Crippen LogP contribution in [0.15, 0.2) is 47.8 Å². The van der Waals surface area contributed by atoms with Crippen LogP contribution in [0.5, 0.6) is 11.6 Å². The van der Waals surface area contributed by atoms with E-state index >= 15 is 0 Å². The number of aryl methyl sites for hydroxylation is 4. The Bertz CT molecular complexity index is 1460. The van der Waals surface area contributed by atoms with Crippen LogP contribution in [0.25, 0.3) is 0 Å². The second-order valence-electron chi connectivity index (χ2n) is 9.07. The van der Waals surface area contributed by atoms with E-state index in [0.29, 0.717) is 30.3 Å². The first-order valence-corrected chi connectivity index (χ1v) is 12.7. The van der Waals surface area contributed by atoms with Crippen LogP contribution < -0.4 is 14.7 Å². The van der Waals surface area contributed by atoms with Crippen LogP contribution in [0.2, 0.25) is 0 Å².